The molecule has 102 valence electrons. The molecule has 1 aromatic rings. The van der Waals surface area contributed by atoms with Crippen LogP contribution in [-0.2, 0) is 10.2 Å². The molecule has 0 fully saturated rings. The highest BCUT2D eigenvalue weighted by molar-refractivity contribution is 7.87. The van der Waals surface area contributed by atoms with E-state index in [1.807, 2.05) is 26.0 Å². The highest BCUT2D eigenvalue weighted by Crippen LogP contribution is 2.16. The van der Waals surface area contributed by atoms with Gasteiger partial charge in [0.05, 0.1) is 0 Å². The summed E-state index contributed by atoms with van der Waals surface area (Å²) in [5.74, 6) is 0. The molecule has 1 atom stereocenters. The molecule has 0 bridgehead atoms. The summed E-state index contributed by atoms with van der Waals surface area (Å²) < 4.78 is 28.1. The summed E-state index contributed by atoms with van der Waals surface area (Å²) >= 11 is 0. The second-order valence-corrected chi connectivity index (χ2v) is 5.80. The molecule has 1 unspecified atom stereocenters. The van der Waals surface area contributed by atoms with Crippen LogP contribution >= 0.6 is 0 Å². The number of nitrogens with two attached hydrogens (primary N) is 1. The maximum Gasteiger partial charge on any atom is 0.279 e. The van der Waals surface area contributed by atoms with Crippen LogP contribution in [0.1, 0.15) is 32.4 Å². The predicted octanol–water partition coefficient (Wildman–Crippen LogP) is 1.51. The third-order valence-corrected chi connectivity index (χ3v) is 4.63. The van der Waals surface area contributed by atoms with Gasteiger partial charge in [0, 0.05) is 24.8 Å². The topological polar surface area (TPSA) is 75.4 Å². The molecule has 0 amide bonds. The van der Waals surface area contributed by atoms with Gasteiger partial charge in [0.15, 0.2) is 0 Å². The van der Waals surface area contributed by atoms with Gasteiger partial charge in [0.25, 0.3) is 10.2 Å². The third-order valence-electron chi connectivity index (χ3n) is 2.78. The Morgan fingerprint density at radius 3 is 2.44 bits per heavy atom. The van der Waals surface area contributed by atoms with Gasteiger partial charge in [-0.25, -0.2) is 0 Å². The lowest BCUT2D eigenvalue weighted by atomic mass is 10.1. The average molecular weight is 271 g/mol. The first kappa shape index (κ1) is 14.9. The highest BCUT2D eigenvalue weighted by Gasteiger charge is 2.21. The van der Waals surface area contributed by atoms with Gasteiger partial charge in [0.1, 0.15) is 0 Å². The minimum atomic E-state index is -3.44. The summed E-state index contributed by atoms with van der Waals surface area (Å²) in [5, 5.41) is 0. The van der Waals surface area contributed by atoms with E-state index in [0.29, 0.717) is 18.8 Å². The van der Waals surface area contributed by atoms with Gasteiger partial charge in [0.2, 0.25) is 0 Å². The zero-order valence-electron chi connectivity index (χ0n) is 11.1. The molecular formula is C12H21N3O2S. The molecule has 0 saturated carbocycles. The van der Waals surface area contributed by atoms with Crippen molar-refractivity contribution in [2.75, 3.05) is 18.8 Å². The Balaban J connectivity index is 2.84. The normalized spacial score (nSPS) is 13.8. The third kappa shape index (κ3) is 3.69. The van der Waals surface area contributed by atoms with E-state index in [1.165, 1.54) is 4.31 Å². The Hall–Kier alpha value is -1.11. The van der Waals surface area contributed by atoms with Gasteiger partial charge in [-0.3, -0.25) is 0 Å². The number of anilines is 1. The lowest BCUT2D eigenvalue weighted by Gasteiger charge is -2.22. The van der Waals surface area contributed by atoms with E-state index >= 15 is 0 Å². The summed E-state index contributed by atoms with van der Waals surface area (Å²) in [6.45, 7) is 6.34. The first-order valence-corrected chi connectivity index (χ1v) is 7.47. The average Bonchev–Trinajstić information content (AvgIpc) is 2.29. The van der Waals surface area contributed by atoms with Crippen molar-refractivity contribution >= 4 is 15.9 Å². The molecular weight excluding hydrogens is 250 g/mol. The van der Waals surface area contributed by atoms with Crippen molar-refractivity contribution < 1.29 is 8.42 Å². The van der Waals surface area contributed by atoms with Crippen LogP contribution < -0.4 is 10.5 Å². The number of nitrogens with zero attached hydrogens (tertiary/aromatic N) is 1. The Morgan fingerprint density at radius 1 is 1.33 bits per heavy atom. The number of hydrogen-bond donors (Lipinski definition) is 2. The Kier molecular flexibility index (Phi) is 5.13. The summed E-state index contributed by atoms with van der Waals surface area (Å²) in [6.07, 6.45) is 0. The number of benzene rings is 1. The van der Waals surface area contributed by atoms with E-state index in [-0.39, 0.29) is 6.04 Å². The van der Waals surface area contributed by atoms with E-state index < -0.39 is 10.2 Å². The molecule has 1 aromatic carbocycles. The van der Waals surface area contributed by atoms with Crippen LogP contribution in [-0.4, -0.2) is 25.8 Å². The molecule has 0 aliphatic rings. The van der Waals surface area contributed by atoms with E-state index in [9.17, 15) is 8.42 Å². The van der Waals surface area contributed by atoms with Crippen LogP contribution in [0.5, 0.6) is 0 Å². The molecule has 1 rings (SSSR count). The van der Waals surface area contributed by atoms with Gasteiger partial charge in [-0.2, -0.15) is 17.4 Å². The standard InChI is InChI=1S/C12H21N3O2S/c1-4-15(5-2)18(16,17)14-10(3)11-7-6-8-12(13)9-11/h6-10,14H,4-5,13H2,1-3H3. The van der Waals surface area contributed by atoms with Crippen molar-refractivity contribution in [1.82, 2.24) is 9.03 Å². The van der Waals surface area contributed by atoms with Crippen LogP contribution in [0.4, 0.5) is 5.69 Å². The van der Waals surface area contributed by atoms with Crippen molar-refractivity contribution in [2.24, 2.45) is 0 Å². The minimum Gasteiger partial charge on any atom is -0.399 e. The van der Waals surface area contributed by atoms with Gasteiger partial charge in [-0.1, -0.05) is 26.0 Å². The van der Waals surface area contributed by atoms with Crippen LogP contribution in [0.15, 0.2) is 24.3 Å². The van der Waals surface area contributed by atoms with Gasteiger partial charge in [-0.05, 0) is 24.6 Å². The number of rotatable bonds is 6. The van der Waals surface area contributed by atoms with Gasteiger partial charge in [-0.15, -0.1) is 0 Å². The SMILES string of the molecule is CCN(CC)S(=O)(=O)NC(C)c1cccc(N)c1. The van der Waals surface area contributed by atoms with Gasteiger partial charge >= 0.3 is 0 Å². The van der Waals surface area contributed by atoms with E-state index in [2.05, 4.69) is 4.72 Å². The summed E-state index contributed by atoms with van der Waals surface area (Å²) in [5.41, 5.74) is 7.16. The Bertz CT molecular complexity index is 484. The lowest BCUT2D eigenvalue weighted by Crippen LogP contribution is -2.41. The molecule has 0 heterocycles. The molecule has 0 spiro atoms. The van der Waals surface area contributed by atoms with Crippen LogP contribution in [0.3, 0.4) is 0 Å². The van der Waals surface area contributed by atoms with Crippen molar-refractivity contribution in [3.05, 3.63) is 29.8 Å². The van der Waals surface area contributed by atoms with Crippen molar-refractivity contribution in [1.29, 1.82) is 0 Å². The molecule has 6 heteroatoms. The number of nitrogen functional groups attached to an aromatic ring is 1. The summed E-state index contributed by atoms with van der Waals surface area (Å²) in [7, 11) is -3.44. The molecule has 18 heavy (non-hydrogen) atoms. The van der Waals surface area contributed by atoms with E-state index in [1.54, 1.807) is 19.1 Å². The molecule has 0 aromatic heterocycles. The highest BCUT2D eigenvalue weighted by atomic mass is 32.2. The molecule has 0 saturated heterocycles. The Labute approximate surface area is 109 Å². The zero-order chi connectivity index (χ0) is 13.8. The number of hydrogen-bond acceptors (Lipinski definition) is 3. The maximum atomic E-state index is 12.0. The molecule has 0 aliphatic heterocycles. The number of nitrogens with one attached hydrogen (secondary N) is 1. The smallest absolute Gasteiger partial charge is 0.279 e. The van der Waals surface area contributed by atoms with Crippen molar-refractivity contribution in [3.63, 3.8) is 0 Å². The fraction of sp³-hybridized carbons (Fsp3) is 0.500. The van der Waals surface area contributed by atoms with E-state index in [0.717, 1.165) is 5.56 Å². The summed E-state index contributed by atoms with van der Waals surface area (Å²) in [4.78, 5) is 0. The van der Waals surface area contributed by atoms with E-state index in [4.69, 9.17) is 5.73 Å². The second-order valence-electron chi connectivity index (χ2n) is 4.10. The molecule has 0 radical (unpaired) electrons. The van der Waals surface area contributed by atoms with Crippen molar-refractivity contribution in [3.8, 4) is 0 Å². The van der Waals surface area contributed by atoms with Crippen LogP contribution in [0, 0.1) is 0 Å². The first-order valence-electron chi connectivity index (χ1n) is 6.03. The summed E-state index contributed by atoms with van der Waals surface area (Å²) in [6, 6.07) is 6.91. The van der Waals surface area contributed by atoms with Crippen molar-refractivity contribution in [2.45, 2.75) is 26.8 Å². The van der Waals surface area contributed by atoms with Crippen LogP contribution in [0.25, 0.3) is 0 Å². The lowest BCUT2D eigenvalue weighted by molar-refractivity contribution is 0.429. The first-order chi connectivity index (χ1) is 8.40. The quantitative estimate of drug-likeness (QED) is 0.770. The molecule has 0 aliphatic carbocycles. The predicted molar refractivity (Wildman–Crippen MR) is 74.2 cm³/mol. The maximum absolute atomic E-state index is 12.0. The second kappa shape index (κ2) is 6.17. The fourth-order valence-electron chi connectivity index (χ4n) is 1.76. The van der Waals surface area contributed by atoms with Crippen LogP contribution in [0.2, 0.25) is 0 Å². The Morgan fingerprint density at radius 2 is 1.94 bits per heavy atom. The molecule has 5 nitrogen and oxygen atoms in total. The monoisotopic (exact) mass is 271 g/mol. The zero-order valence-corrected chi connectivity index (χ0v) is 11.9. The minimum absolute atomic E-state index is 0.306. The fourth-order valence-corrected chi connectivity index (χ4v) is 3.17. The largest absolute Gasteiger partial charge is 0.399 e. The van der Waals surface area contributed by atoms with Gasteiger partial charge < -0.3 is 5.73 Å². The molecule has 3 N–H and O–H groups in total.